The molecule has 2 heterocycles. The van der Waals surface area contributed by atoms with Crippen LogP contribution >= 0.6 is 0 Å². The van der Waals surface area contributed by atoms with Crippen LogP contribution in [0.3, 0.4) is 0 Å². The molecule has 0 spiro atoms. The minimum absolute atomic E-state index is 0.0523. The van der Waals surface area contributed by atoms with E-state index in [1.807, 2.05) is 12.1 Å². The van der Waals surface area contributed by atoms with Crippen molar-refractivity contribution in [2.24, 2.45) is 0 Å². The van der Waals surface area contributed by atoms with E-state index in [1.54, 1.807) is 18.5 Å². The first-order chi connectivity index (χ1) is 12.9. The molecule has 1 aromatic carbocycles. The van der Waals surface area contributed by atoms with Crippen LogP contribution in [-0.2, 0) is 12.7 Å². The van der Waals surface area contributed by atoms with Crippen molar-refractivity contribution in [3.8, 4) is 0 Å². The topological polar surface area (TPSA) is 66.9 Å². The van der Waals surface area contributed by atoms with Gasteiger partial charge in [-0.1, -0.05) is 6.07 Å². The van der Waals surface area contributed by atoms with Crippen LogP contribution in [0.25, 0.3) is 0 Å². The monoisotopic (exact) mass is 372 g/mol. The number of hydrogen-bond donors (Lipinski definition) is 2. The Hall–Kier alpha value is -3.42. The normalized spacial score (nSPS) is 11.1. The van der Waals surface area contributed by atoms with Crippen molar-refractivity contribution in [1.29, 1.82) is 0 Å². The Bertz CT molecular complexity index is 912. The molecular formula is C19H15F3N4O. The van der Waals surface area contributed by atoms with Gasteiger partial charge in [0, 0.05) is 24.6 Å². The van der Waals surface area contributed by atoms with E-state index in [-0.39, 0.29) is 11.4 Å². The maximum atomic E-state index is 12.7. The van der Waals surface area contributed by atoms with Gasteiger partial charge in [-0.15, -0.1) is 0 Å². The third-order valence-corrected chi connectivity index (χ3v) is 3.69. The van der Waals surface area contributed by atoms with Gasteiger partial charge in [-0.2, -0.15) is 13.2 Å². The molecule has 5 nitrogen and oxygen atoms in total. The van der Waals surface area contributed by atoms with Gasteiger partial charge in [0.15, 0.2) is 0 Å². The van der Waals surface area contributed by atoms with Gasteiger partial charge in [-0.25, -0.2) is 4.98 Å². The predicted molar refractivity (Wildman–Crippen MR) is 95.2 cm³/mol. The Morgan fingerprint density at radius 2 is 1.78 bits per heavy atom. The summed E-state index contributed by atoms with van der Waals surface area (Å²) in [5, 5.41) is 5.57. The van der Waals surface area contributed by atoms with Gasteiger partial charge in [-0.3, -0.25) is 9.78 Å². The molecular weight excluding hydrogens is 357 g/mol. The van der Waals surface area contributed by atoms with Gasteiger partial charge in [0.1, 0.15) is 5.69 Å². The molecule has 0 aliphatic carbocycles. The van der Waals surface area contributed by atoms with Crippen LogP contribution in [-0.4, -0.2) is 15.9 Å². The Labute approximate surface area is 153 Å². The number of carbonyl (C=O) groups is 1. The Kier molecular flexibility index (Phi) is 5.35. The van der Waals surface area contributed by atoms with E-state index in [2.05, 4.69) is 20.6 Å². The lowest BCUT2D eigenvalue weighted by molar-refractivity contribution is -0.137. The lowest BCUT2D eigenvalue weighted by Gasteiger charge is -2.10. The van der Waals surface area contributed by atoms with Crippen molar-refractivity contribution in [3.05, 3.63) is 83.9 Å². The molecule has 27 heavy (non-hydrogen) atoms. The van der Waals surface area contributed by atoms with Crippen LogP contribution in [0.4, 0.5) is 24.5 Å². The first kappa shape index (κ1) is 18.4. The lowest BCUT2D eigenvalue weighted by atomic mass is 10.2. The molecule has 2 aromatic heterocycles. The molecule has 3 rings (SSSR count). The number of pyridine rings is 2. The second-order valence-electron chi connectivity index (χ2n) is 5.67. The molecule has 8 heteroatoms. The van der Waals surface area contributed by atoms with E-state index >= 15 is 0 Å². The van der Waals surface area contributed by atoms with E-state index in [4.69, 9.17) is 0 Å². The molecule has 0 aliphatic rings. The fourth-order valence-corrected chi connectivity index (χ4v) is 2.31. The van der Waals surface area contributed by atoms with Crippen LogP contribution in [0.15, 0.2) is 67.1 Å². The van der Waals surface area contributed by atoms with Gasteiger partial charge >= 0.3 is 6.18 Å². The van der Waals surface area contributed by atoms with Crippen molar-refractivity contribution >= 4 is 17.3 Å². The number of alkyl halides is 3. The number of nitrogens with one attached hydrogen (secondary N) is 2. The zero-order valence-electron chi connectivity index (χ0n) is 14.0. The summed E-state index contributed by atoms with van der Waals surface area (Å²) in [6, 6.07) is 11.4. The first-order valence-corrected chi connectivity index (χ1v) is 7.99. The van der Waals surface area contributed by atoms with Crippen LogP contribution in [0.2, 0.25) is 0 Å². The number of anilines is 2. The molecule has 0 aliphatic heterocycles. The number of aromatic nitrogens is 2. The standard InChI is InChI=1S/C19H15F3N4O/c20-19(21,22)14-2-1-3-15(10-14)26-18(27)17-5-4-16(12-25-17)24-11-13-6-8-23-9-7-13/h1-10,12,24H,11H2,(H,26,27). The van der Waals surface area contributed by atoms with Crippen LogP contribution in [0.5, 0.6) is 0 Å². The maximum Gasteiger partial charge on any atom is 0.416 e. The smallest absolute Gasteiger partial charge is 0.380 e. The number of benzene rings is 1. The van der Waals surface area contributed by atoms with Crippen molar-refractivity contribution < 1.29 is 18.0 Å². The maximum absolute atomic E-state index is 12.7. The lowest BCUT2D eigenvalue weighted by Crippen LogP contribution is -2.14. The highest BCUT2D eigenvalue weighted by Crippen LogP contribution is 2.30. The van der Waals surface area contributed by atoms with Crippen molar-refractivity contribution in [3.63, 3.8) is 0 Å². The van der Waals surface area contributed by atoms with Crippen molar-refractivity contribution in [2.75, 3.05) is 10.6 Å². The molecule has 0 saturated carbocycles. The molecule has 2 N–H and O–H groups in total. The van der Waals surface area contributed by atoms with Gasteiger partial charge in [0.2, 0.25) is 0 Å². The van der Waals surface area contributed by atoms with Gasteiger partial charge in [0.25, 0.3) is 5.91 Å². The van der Waals surface area contributed by atoms with Gasteiger partial charge in [-0.05, 0) is 48.0 Å². The Morgan fingerprint density at radius 1 is 1.00 bits per heavy atom. The highest BCUT2D eigenvalue weighted by Gasteiger charge is 2.30. The predicted octanol–water partition coefficient (Wildman–Crippen LogP) is 4.36. The van der Waals surface area contributed by atoms with Crippen LogP contribution < -0.4 is 10.6 Å². The van der Waals surface area contributed by atoms with E-state index in [0.29, 0.717) is 12.2 Å². The van der Waals surface area contributed by atoms with Crippen molar-refractivity contribution in [2.45, 2.75) is 12.7 Å². The van der Waals surface area contributed by atoms with E-state index in [9.17, 15) is 18.0 Å². The number of rotatable bonds is 5. The summed E-state index contributed by atoms with van der Waals surface area (Å²) in [4.78, 5) is 20.2. The molecule has 0 saturated heterocycles. The highest BCUT2D eigenvalue weighted by atomic mass is 19.4. The number of amides is 1. The third kappa shape index (κ3) is 5.04. The minimum atomic E-state index is -4.47. The number of halogens is 3. The summed E-state index contributed by atoms with van der Waals surface area (Å²) in [6.07, 6.45) is 0.399. The number of hydrogen-bond acceptors (Lipinski definition) is 4. The van der Waals surface area contributed by atoms with E-state index in [1.165, 1.54) is 24.4 Å². The number of nitrogens with zero attached hydrogens (tertiary/aromatic N) is 2. The fraction of sp³-hybridized carbons (Fsp3) is 0.105. The summed E-state index contributed by atoms with van der Waals surface area (Å²) in [7, 11) is 0. The molecule has 138 valence electrons. The zero-order valence-corrected chi connectivity index (χ0v) is 14.0. The summed E-state index contributed by atoms with van der Waals surface area (Å²) in [5.41, 5.74) is 1.07. The third-order valence-electron chi connectivity index (χ3n) is 3.69. The molecule has 0 bridgehead atoms. The SMILES string of the molecule is O=C(Nc1cccc(C(F)(F)F)c1)c1ccc(NCc2ccncc2)cn1. The average molecular weight is 372 g/mol. The summed E-state index contributed by atoms with van der Waals surface area (Å²) in [5.74, 6) is -0.588. The second kappa shape index (κ2) is 7.86. The van der Waals surface area contributed by atoms with E-state index < -0.39 is 17.6 Å². The summed E-state index contributed by atoms with van der Waals surface area (Å²) >= 11 is 0. The van der Waals surface area contributed by atoms with Gasteiger partial charge < -0.3 is 10.6 Å². The molecule has 1 amide bonds. The number of carbonyl (C=O) groups excluding carboxylic acids is 1. The van der Waals surface area contributed by atoms with Crippen LogP contribution in [0, 0.1) is 0 Å². The van der Waals surface area contributed by atoms with Gasteiger partial charge in [0.05, 0.1) is 17.4 Å². The Balaban J connectivity index is 1.62. The zero-order chi connectivity index (χ0) is 19.3. The molecule has 0 atom stereocenters. The summed E-state index contributed by atoms with van der Waals surface area (Å²) in [6.45, 7) is 0.569. The average Bonchev–Trinajstić information content (AvgIpc) is 2.67. The first-order valence-electron chi connectivity index (χ1n) is 7.99. The fourth-order valence-electron chi connectivity index (χ4n) is 2.31. The second-order valence-corrected chi connectivity index (χ2v) is 5.67. The highest BCUT2D eigenvalue weighted by molar-refractivity contribution is 6.03. The molecule has 0 radical (unpaired) electrons. The molecule has 3 aromatic rings. The molecule has 0 fully saturated rings. The largest absolute Gasteiger partial charge is 0.416 e. The van der Waals surface area contributed by atoms with Crippen LogP contribution in [0.1, 0.15) is 21.6 Å². The molecule has 0 unspecified atom stereocenters. The minimum Gasteiger partial charge on any atom is -0.380 e. The summed E-state index contributed by atoms with van der Waals surface area (Å²) < 4.78 is 38.2. The van der Waals surface area contributed by atoms with E-state index in [0.717, 1.165) is 17.7 Å². The quantitative estimate of drug-likeness (QED) is 0.698. The Morgan fingerprint density at radius 3 is 2.44 bits per heavy atom. The van der Waals surface area contributed by atoms with Crippen molar-refractivity contribution in [1.82, 2.24) is 9.97 Å².